The maximum Gasteiger partial charge on any atom is 0.151 e. The largest absolute Gasteiger partial charge is 0.309 e. The average molecular weight is 224 g/mol. The Morgan fingerprint density at radius 1 is 1.53 bits per heavy atom. The van der Waals surface area contributed by atoms with E-state index in [1.54, 1.807) is 18.0 Å². The van der Waals surface area contributed by atoms with Gasteiger partial charge >= 0.3 is 0 Å². The molecule has 4 heteroatoms. The van der Waals surface area contributed by atoms with Crippen molar-refractivity contribution in [2.45, 2.75) is 11.9 Å². The van der Waals surface area contributed by atoms with E-state index in [0.29, 0.717) is 5.56 Å². The molecule has 0 bridgehead atoms. The van der Waals surface area contributed by atoms with Crippen molar-refractivity contribution in [1.29, 1.82) is 0 Å². The average Bonchev–Trinajstić information content (AvgIpc) is 2.20. The molecule has 82 valence electrons. The van der Waals surface area contributed by atoms with Gasteiger partial charge in [0.05, 0.1) is 5.03 Å². The Morgan fingerprint density at radius 3 is 2.80 bits per heavy atom. The highest BCUT2D eigenvalue weighted by Crippen LogP contribution is 2.19. The molecule has 1 heterocycles. The first-order valence-electron chi connectivity index (χ1n) is 4.83. The van der Waals surface area contributed by atoms with Gasteiger partial charge in [-0.05, 0) is 32.6 Å². The lowest BCUT2D eigenvalue weighted by Gasteiger charge is -2.09. The van der Waals surface area contributed by atoms with Crippen LogP contribution in [0.2, 0.25) is 0 Å². The van der Waals surface area contributed by atoms with Crippen molar-refractivity contribution in [1.82, 2.24) is 9.88 Å². The van der Waals surface area contributed by atoms with Crippen LogP contribution in [0.3, 0.4) is 0 Å². The Kier molecular flexibility index (Phi) is 4.78. The highest BCUT2D eigenvalue weighted by Gasteiger charge is 2.02. The van der Waals surface area contributed by atoms with Gasteiger partial charge in [0.2, 0.25) is 0 Å². The number of hydrogen-bond donors (Lipinski definition) is 0. The van der Waals surface area contributed by atoms with Gasteiger partial charge in [-0.15, -0.1) is 11.8 Å². The summed E-state index contributed by atoms with van der Waals surface area (Å²) in [4.78, 5) is 16.9. The van der Waals surface area contributed by atoms with Crippen molar-refractivity contribution >= 4 is 18.0 Å². The van der Waals surface area contributed by atoms with Crippen LogP contribution in [-0.2, 0) is 0 Å². The number of thioether (sulfide) groups is 1. The molecule has 0 saturated heterocycles. The number of carbonyl (C=O) groups excluding carboxylic acids is 1. The van der Waals surface area contributed by atoms with Gasteiger partial charge in [-0.3, -0.25) is 4.79 Å². The van der Waals surface area contributed by atoms with Crippen LogP contribution in [-0.4, -0.2) is 42.6 Å². The second-order valence-electron chi connectivity index (χ2n) is 3.66. The van der Waals surface area contributed by atoms with Gasteiger partial charge < -0.3 is 4.90 Å². The number of pyridine rings is 1. The van der Waals surface area contributed by atoms with E-state index in [1.807, 2.05) is 13.0 Å². The van der Waals surface area contributed by atoms with Gasteiger partial charge in [-0.1, -0.05) is 0 Å². The zero-order chi connectivity index (χ0) is 11.3. The van der Waals surface area contributed by atoms with E-state index in [0.717, 1.165) is 29.2 Å². The van der Waals surface area contributed by atoms with Gasteiger partial charge in [-0.2, -0.15) is 0 Å². The lowest BCUT2D eigenvalue weighted by Crippen LogP contribution is -2.14. The summed E-state index contributed by atoms with van der Waals surface area (Å²) in [5.41, 5.74) is 1.72. The van der Waals surface area contributed by atoms with Gasteiger partial charge in [-0.25, -0.2) is 4.98 Å². The third kappa shape index (κ3) is 4.01. The number of aldehydes is 1. The normalized spacial score (nSPS) is 10.7. The van der Waals surface area contributed by atoms with E-state index in [9.17, 15) is 4.79 Å². The topological polar surface area (TPSA) is 33.2 Å². The second kappa shape index (κ2) is 5.88. The number of aryl methyl sites for hydroxylation is 1. The molecule has 0 aliphatic carbocycles. The van der Waals surface area contributed by atoms with Crippen LogP contribution in [0.25, 0.3) is 0 Å². The van der Waals surface area contributed by atoms with Crippen LogP contribution in [0.4, 0.5) is 0 Å². The maximum atomic E-state index is 10.5. The Bertz CT molecular complexity index is 339. The first-order valence-corrected chi connectivity index (χ1v) is 5.81. The number of rotatable bonds is 5. The standard InChI is InChI=1S/C11H16N2OS/c1-9-6-10(8-14)7-12-11(9)15-5-4-13(2)3/h6-8H,4-5H2,1-3H3. The monoisotopic (exact) mass is 224 g/mol. The van der Waals surface area contributed by atoms with Crippen molar-refractivity contribution in [3.63, 3.8) is 0 Å². The van der Waals surface area contributed by atoms with Crippen LogP contribution in [0.5, 0.6) is 0 Å². The van der Waals surface area contributed by atoms with Crippen molar-refractivity contribution < 1.29 is 4.79 Å². The summed E-state index contributed by atoms with van der Waals surface area (Å²) in [7, 11) is 4.10. The fourth-order valence-corrected chi connectivity index (χ4v) is 2.19. The van der Waals surface area contributed by atoms with Gasteiger partial charge in [0.1, 0.15) is 0 Å². The molecule has 0 aliphatic rings. The predicted molar refractivity (Wildman–Crippen MR) is 63.6 cm³/mol. The zero-order valence-corrected chi connectivity index (χ0v) is 10.2. The Labute approximate surface area is 94.9 Å². The number of hydrogen-bond acceptors (Lipinski definition) is 4. The van der Waals surface area contributed by atoms with E-state index in [1.165, 1.54) is 0 Å². The quantitative estimate of drug-likeness (QED) is 0.564. The fraction of sp³-hybridized carbons (Fsp3) is 0.455. The highest BCUT2D eigenvalue weighted by atomic mass is 32.2. The Hall–Kier alpha value is -0.870. The molecule has 15 heavy (non-hydrogen) atoms. The molecule has 0 aromatic carbocycles. The molecule has 0 unspecified atom stereocenters. The molecule has 0 N–H and O–H groups in total. The Balaban J connectivity index is 2.58. The van der Waals surface area contributed by atoms with Gasteiger partial charge in [0.15, 0.2) is 6.29 Å². The SMILES string of the molecule is Cc1cc(C=O)cnc1SCCN(C)C. The summed E-state index contributed by atoms with van der Waals surface area (Å²) in [6, 6.07) is 1.87. The summed E-state index contributed by atoms with van der Waals surface area (Å²) in [5, 5.41) is 1.02. The third-order valence-electron chi connectivity index (χ3n) is 1.96. The van der Waals surface area contributed by atoms with E-state index in [2.05, 4.69) is 24.0 Å². The smallest absolute Gasteiger partial charge is 0.151 e. The van der Waals surface area contributed by atoms with Gasteiger partial charge in [0, 0.05) is 24.1 Å². The molecular weight excluding hydrogens is 208 g/mol. The molecule has 0 aliphatic heterocycles. The predicted octanol–water partition coefficient (Wildman–Crippen LogP) is 1.86. The first-order chi connectivity index (χ1) is 7.13. The minimum atomic E-state index is 0.643. The minimum Gasteiger partial charge on any atom is -0.309 e. The molecule has 0 atom stereocenters. The van der Waals surface area contributed by atoms with E-state index >= 15 is 0 Å². The lowest BCUT2D eigenvalue weighted by atomic mass is 10.2. The molecule has 0 radical (unpaired) electrons. The van der Waals surface area contributed by atoms with Crippen molar-refractivity contribution in [3.05, 3.63) is 23.4 Å². The number of carbonyl (C=O) groups is 1. The molecule has 0 amide bonds. The molecule has 3 nitrogen and oxygen atoms in total. The molecule has 1 rings (SSSR count). The van der Waals surface area contributed by atoms with Crippen molar-refractivity contribution in [2.75, 3.05) is 26.4 Å². The lowest BCUT2D eigenvalue weighted by molar-refractivity contribution is 0.112. The summed E-state index contributed by atoms with van der Waals surface area (Å²) in [6.07, 6.45) is 2.45. The van der Waals surface area contributed by atoms with Crippen molar-refractivity contribution in [3.8, 4) is 0 Å². The minimum absolute atomic E-state index is 0.643. The maximum absolute atomic E-state index is 10.5. The number of nitrogens with zero attached hydrogens (tertiary/aromatic N) is 2. The molecule has 1 aromatic rings. The molecule has 0 saturated carbocycles. The number of aromatic nitrogens is 1. The van der Waals surface area contributed by atoms with Gasteiger partial charge in [0.25, 0.3) is 0 Å². The third-order valence-corrected chi connectivity index (χ3v) is 3.05. The summed E-state index contributed by atoms with van der Waals surface area (Å²) >= 11 is 1.73. The van der Waals surface area contributed by atoms with Crippen LogP contribution < -0.4 is 0 Å². The van der Waals surface area contributed by atoms with E-state index < -0.39 is 0 Å². The van der Waals surface area contributed by atoms with Crippen LogP contribution in [0.1, 0.15) is 15.9 Å². The molecule has 0 spiro atoms. The van der Waals surface area contributed by atoms with Crippen LogP contribution >= 0.6 is 11.8 Å². The fourth-order valence-electron chi connectivity index (χ4n) is 1.12. The van der Waals surface area contributed by atoms with E-state index in [4.69, 9.17) is 0 Å². The summed E-state index contributed by atoms with van der Waals surface area (Å²) in [5.74, 6) is 1.02. The summed E-state index contributed by atoms with van der Waals surface area (Å²) < 4.78 is 0. The summed E-state index contributed by atoms with van der Waals surface area (Å²) in [6.45, 7) is 3.01. The van der Waals surface area contributed by atoms with Crippen LogP contribution in [0, 0.1) is 6.92 Å². The Morgan fingerprint density at radius 2 is 2.27 bits per heavy atom. The van der Waals surface area contributed by atoms with E-state index in [-0.39, 0.29) is 0 Å². The molecular formula is C11H16N2OS. The second-order valence-corrected chi connectivity index (χ2v) is 4.74. The molecule has 0 fully saturated rings. The highest BCUT2D eigenvalue weighted by molar-refractivity contribution is 7.99. The van der Waals surface area contributed by atoms with Crippen LogP contribution in [0.15, 0.2) is 17.3 Å². The first kappa shape index (κ1) is 12.2. The van der Waals surface area contributed by atoms with Crippen molar-refractivity contribution in [2.24, 2.45) is 0 Å². The molecule has 1 aromatic heterocycles. The zero-order valence-electron chi connectivity index (χ0n) is 9.36.